The van der Waals surface area contributed by atoms with Gasteiger partial charge in [0.25, 0.3) is 6.01 Å². The van der Waals surface area contributed by atoms with Crippen molar-refractivity contribution in [2.45, 2.75) is 12.5 Å². The predicted molar refractivity (Wildman–Crippen MR) is 126 cm³/mol. The van der Waals surface area contributed by atoms with E-state index in [4.69, 9.17) is 25.5 Å². The van der Waals surface area contributed by atoms with E-state index in [2.05, 4.69) is 4.98 Å². The molecule has 0 spiro atoms. The summed E-state index contributed by atoms with van der Waals surface area (Å²) in [7, 11) is 1.89. The molecule has 0 aliphatic carbocycles. The van der Waals surface area contributed by atoms with E-state index in [1.54, 1.807) is 24.3 Å². The van der Waals surface area contributed by atoms with Crippen molar-refractivity contribution in [1.29, 1.82) is 0 Å². The lowest BCUT2D eigenvalue weighted by Gasteiger charge is -2.16. The molecule has 170 valence electrons. The first kappa shape index (κ1) is 22.5. The minimum atomic E-state index is -1.03. The van der Waals surface area contributed by atoms with Gasteiger partial charge in [-0.1, -0.05) is 35.9 Å². The SMILES string of the molecule is CN(CCOc1ccc(CC(Oc2ccc(Cl)cc2)C(=O)O)cc1)c1nc2ccccc2o1. The molecule has 0 aliphatic heterocycles. The summed E-state index contributed by atoms with van der Waals surface area (Å²) in [6.07, 6.45) is -0.790. The average molecular weight is 467 g/mol. The number of hydrogen-bond acceptors (Lipinski definition) is 6. The molecule has 1 N–H and O–H groups in total. The van der Waals surface area contributed by atoms with Gasteiger partial charge in [0.05, 0.1) is 6.54 Å². The number of nitrogens with zero attached hydrogens (tertiary/aromatic N) is 2. The molecule has 0 bridgehead atoms. The third-order valence-electron chi connectivity index (χ3n) is 5.02. The lowest BCUT2D eigenvalue weighted by atomic mass is 10.1. The molecule has 7 nitrogen and oxygen atoms in total. The van der Waals surface area contributed by atoms with Crippen LogP contribution in [0, 0.1) is 0 Å². The predicted octanol–water partition coefficient (Wildman–Crippen LogP) is 5.07. The highest BCUT2D eigenvalue weighted by atomic mass is 35.5. The Balaban J connectivity index is 1.29. The van der Waals surface area contributed by atoms with Gasteiger partial charge in [0.15, 0.2) is 11.7 Å². The second kappa shape index (κ2) is 10.3. The van der Waals surface area contributed by atoms with Crippen molar-refractivity contribution in [2.24, 2.45) is 0 Å². The van der Waals surface area contributed by atoms with Crippen molar-refractivity contribution in [3.63, 3.8) is 0 Å². The van der Waals surface area contributed by atoms with Gasteiger partial charge in [-0.15, -0.1) is 0 Å². The number of hydrogen-bond donors (Lipinski definition) is 1. The van der Waals surface area contributed by atoms with Crippen molar-refractivity contribution in [1.82, 2.24) is 4.98 Å². The molecule has 0 radical (unpaired) electrons. The highest BCUT2D eigenvalue weighted by Gasteiger charge is 2.20. The molecule has 1 unspecified atom stereocenters. The number of halogens is 1. The summed E-state index contributed by atoms with van der Waals surface area (Å²) < 4.78 is 17.2. The lowest BCUT2D eigenvalue weighted by molar-refractivity contribution is -0.145. The number of aromatic nitrogens is 1. The number of fused-ring (bicyclic) bond motifs is 1. The minimum Gasteiger partial charge on any atom is -0.492 e. The highest BCUT2D eigenvalue weighted by Crippen LogP contribution is 2.21. The number of carbonyl (C=O) groups is 1. The molecule has 3 aromatic carbocycles. The number of ether oxygens (including phenoxy) is 2. The Morgan fingerprint density at radius 1 is 1.06 bits per heavy atom. The zero-order valence-corrected chi connectivity index (χ0v) is 18.7. The largest absolute Gasteiger partial charge is 0.492 e. The fourth-order valence-electron chi connectivity index (χ4n) is 3.21. The summed E-state index contributed by atoms with van der Waals surface area (Å²) in [6, 6.07) is 22.1. The van der Waals surface area contributed by atoms with Gasteiger partial charge in [-0.05, 0) is 54.1 Å². The zero-order chi connectivity index (χ0) is 23.2. The summed E-state index contributed by atoms with van der Waals surface area (Å²) in [4.78, 5) is 18.0. The Kier molecular flexibility index (Phi) is 7.00. The van der Waals surface area contributed by atoms with E-state index < -0.39 is 12.1 Å². The Labute approximate surface area is 196 Å². The molecule has 0 fully saturated rings. The highest BCUT2D eigenvalue weighted by molar-refractivity contribution is 6.30. The molecular weight excluding hydrogens is 444 g/mol. The van der Waals surface area contributed by atoms with Crippen molar-refractivity contribution >= 4 is 34.7 Å². The first-order valence-corrected chi connectivity index (χ1v) is 10.8. The molecule has 33 heavy (non-hydrogen) atoms. The van der Waals surface area contributed by atoms with Crippen LogP contribution in [-0.2, 0) is 11.2 Å². The first-order chi connectivity index (χ1) is 16.0. The number of anilines is 1. The third kappa shape index (κ3) is 5.96. The number of aliphatic carboxylic acids is 1. The summed E-state index contributed by atoms with van der Waals surface area (Å²) >= 11 is 5.86. The molecule has 4 rings (SSSR count). The van der Waals surface area contributed by atoms with Gasteiger partial charge in [-0.3, -0.25) is 0 Å². The Morgan fingerprint density at radius 2 is 1.76 bits per heavy atom. The van der Waals surface area contributed by atoms with Crippen molar-refractivity contribution in [3.05, 3.63) is 83.4 Å². The third-order valence-corrected chi connectivity index (χ3v) is 5.27. The molecule has 0 saturated heterocycles. The zero-order valence-electron chi connectivity index (χ0n) is 18.0. The Hall–Kier alpha value is -3.71. The van der Waals surface area contributed by atoms with Gasteiger partial charge in [0, 0.05) is 18.5 Å². The van der Waals surface area contributed by atoms with Crippen LogP contribution in [0.4, 0.5) is 6.01 Å². The Morgan fingerprint density at radius 3 is 2.45 bits per heavy atom. The fourth-order valence-corrected chi connectivity index (χ4v) is 3.34. The normalized spacial score (nSPS) is 11.8. The Bertz CT molecular complexity index is 1170. The summed E-state index contributed by atoms with van der Waals surface area (Å²) in [5.41, 5.74) is 2.39. The number of benzene rings is 3. The summed E-state index contributed by atoms with van der Waals surface area (Å²) in [6.45, 7) is 1.02. The van der Waals surface area contributed by atoms with Gasteiger partial charge in [-0.25, -0.2) is 4.79 Å². The molecule has 4 aromatic rings. The number of likely N-dealkylation sites (N-methyl/N-ethyl adjacent to an activating group) is 1. The number of rotatable bonds is 10. The van der Waals surface area contributed by atoms with Crippen molar-refractivity contribution in [3.8, 4) is 11.5 Å². The molecule has 8 heteroatoms. The number of oxazole rings is 1. The van der Waals surface area contributed by atoms with Crippen molar-refractivity contribution in [2.75, 3.05) is 25.1 Å². The van der Waals surface area contributed by atoms with E-state index in [9.17, 15) is 9.90 Å². The molecule has 0 saturated carbocycles. The van der Waals surface area contributed by atoms with Gasteiger partial charge >= 0.3 is 5.97 Å². The molecular formula is C25H23ClN2O5. The van der Waals surface area contributed by atoms with E-state index in [0.717, 1.165) is 16.7 Å². The monoisotopic (exact) mass is 466 g/mol. The maximum Gasteiger partial charge on any atom is 0.345 e. The van der Waals surface area contributed by atoms with Crippen LogP contribution < -0.4 is 14.4 Å². The summed E-state index contributed by atoms with van der Waals surface area (Å²) in [5, 5.41) is 10.1. The van der Waals surface area contributed by atoms with Crippen LogP contribution in [0.25, 0.3) is 11.1 Å². The smallest absolute Gasteiger partial charge is 0.345 e. The maximum absolute atomic E-state index is 11.6. The van der Waals surface area contributed by atoms with Crippen LogP contribution in [0.15, 0.2) is 77.2 Å². The van der Waals surface area contributed by atoms with Crippen LogP contribution in [0.5, 0.6) is 11.5 Å². The molecule has 0 amide bonds. The van der Waals surface area contributed by atoms with Gasteiger partial charge in [-0.2, -0.15) is 4.98 Å². The lowest BCUT2D eigenvalue weighted by Crippen LogP contribution is -2.29. The summed E-state index contributed by atoms with van der Waals surface area (Å²) in [5.74, 6) is 0.109. The minimum absolute atomic E-state index is 0.221. The van der Waals surface area contributed by atoms with E-state index >= 15 is 0 Å². The average Bonchev–Trinajstić information content (AvgIpc) is 3.25. The molecule has 1 atom stereocenters. The van der Waals surface area contributed by atoms with Crippen LogP contribution in [-0.4, -0.2) is 42.4 Å². The number of carboxylic acids is 1. The van der Waals surface area contributed by atoms with E-state index in [0.29, 0.717) is 35.7 Å². The molecule has 1 heterocycles. The number of para-hydroxylation sites is 2. The van der Waals surface area contributed by atoms with Crippen molar-refractivity contribution < 1.29 is 23.8 Å². The fraction of sp³-hybridized carbons (Fsp3) is 0.200. The number of carboxylic acid groups (broad SMARTS) is 1. The quantitative estimate of drug-likeness (QED) is 0.349. The van der Waals surface area contributed by atoms with E-state index in [-0.39, 0.29) is 6.42 Å². The second-order valence-corrected chi connectivity index (χ2v) is 7.92. The standard InChI is InChI=1S/C25H23ClN2O5/c1-28(25-27-21-4-2-3-5-22(21)33-25)14-15-31-19-10-6-17(7-11-19)16-23(24(29)30)32-20-12-8-18(26)9-13-20/h2-13,23H,14-16H2,1H3,(H,29,30). The first-order valence-electron chi connectivity index (χ1n) is 10.4. The second-order valence-electron chi connectivity index (χ2n) is 7.48. The van der Waals surface area contributed by atoms with Gasteiger partial charge in [0.2, 0.25) is 0 Å². The molecule has 0 aliphatic rings. The van der Waals surface area contributed by atoms with E-state index in [1.807, 2.05) is 60.5 Å². The molecule has 1 aromatic heterocycles. The van der Waals surface area contributed by atoms with Gasteiger partial charge < -0.3 is 23.9 Å². The topological polar surface area (TPSA) is 85.0 Å². The maximum atomic E-state index is 11.6. The van der Waals surface area contributed by atoms with E-state index in [1.165, 1.54) is 0 Å². The van der Waals surface area contributed by atoms with Crippen LogP contribution >= 0.6 is 11.6 Å². The van der Waals surface area contributed by atoms with Crippen LogP contribution in [0.3, 0.4) is 0 Å². The van der Waals surface area contributed by atoms with Gasteiger partial charge in [0.1, 0.15) is 23.6 Å². The van der Waals surface area contributed by atoms with Crippen LogP contribution in [0.1, 0.15) is 5.56 Å². The van der Waals surface area contributed by atoms with Crippen LogP contribution in [0.2, 0.25) is 5.02 Å².